The number of sulfonamides is 1. The molecule has 4 nitrogen and oxygen atoms in total. The summed E-state index contributed by atoms with van der Waals surface area (Å²) in [6, 6.07) is 2.95. The van der Waals surface area contributed by atoms with E-state index in [2.05, 4.69) is 0 Å². The molecular formula is C12H15F2NO3S. The summed E-state index contributed by atoms with van der Waals surface area (Å²) in [6.45, 7) is 1.81. The Labute approximate surface area is 110 Å². The molecule has 1 aromatic carbocycles. The predicted molar refractivity (Wildman–Crippen MR) is 64.9 cm³/mol. The van der Waals surface area contributed by atoms with Crippen LogP contribution in [0.25, 0.3) is 0 Å². The number of nitrogens with zero attached hydrogens (tertiary/aromatic N) is 1. The van der Waals surface area contributed by atoms with E-state index in [1.54, 1.807) is 6.92 Å². The fourth-order valence-corrected chi connectivity index (χ4v) is 3.84. The van der Waals surface area contributed by atoms with E-state index in [0.29, 0.717) is 0 Å². The van der Waals surface area contributed by atoms with E-state index in [9.17, 15) is 22.3 Å². The van der Waals surface area contributed by atoms with Gasteiger partial charge in [-0.25, -0.2) is 17.2 Å². The Morgan fingerprint density at radius 2 is 1.89 bits per heavy atom. The second-order valence-corrected chi connectivity index (χ2v) is 6.62. The van der Waals surface area contributed by atoms with Gasteiger partial charge in [-0.2, -0.15) is 4.31 Å². The summed E-state index contributed by atoms with van der Waals surface area (Å²) in [5.41, 5.74) is 0. The van der Waals surface area contributed by atoms with Crippen molar-refractivity contribution in [2.45, 2.75) is 24.3 Å². The average molecular weight is 291 g/mol. The molecule has 19 heavy (non-hydrogen) atoms. The quantitative estimate of drug-likeness (QED) is 0.895. The summed E-state index contributed by atoms with van der Waals surface area (Å²) in [7, 11) is -4.21. The molecule has 1 aliphatic heterocycles. The lowest BCUT2D eigenvalue weighted by Crippen LogP contribution is -2.45. The van der Waals surface area contributed by atoms with Crippen LogP contribution in [-0.2, 0) is 10.0 Å². The predicted octanol–water partition coefficient (Wildman–Crippen LogP) is 1.36. The molecule has 0 aliphatic carbocycles. The van der Waals surface area contributed by atoms with Crippen molar-refractivity contribution in [3.63, 3.8) is 0 Å². The number of piperidine rings is 1. The van der Waals surface area contributed by atoms with Gasteiger partial charge >= 0.3 is 0 Å². The van der Waals surface area contributed by atoms with Crippen molar-refractivity contribution in [1.29, 1.82) is 0 Å². The minimum Gasteiger partial charge on any atom is -0.393 e. The number of aliphatic hydroxyl groups is 1. The highest BCUT2D eigenvalue weighted by atomic mass is 32.2. The molecule has 1 aliphatic rings. The molecule has 1 N–H and O–H groups in total. The Kier molecular flexibility index (Phi) is 3.89. The van der Waals surface area contributed by atoms with Gasteiger partial charge in [-0.1, -0.05) is 13.0 Å². The molecule has 2 unspecified atom stereocenters. The lowest BCUT2D eigenvalue weighted by molar-refractivity contribution is 0.0627. The molecule has 7 heteroatoms. The van der Waals surface area contributed by atoms with Crippen LogP contribution in [0, 0.1) is 17.6 Å². The minimum absolute atomic E-state index is 0.0529. The fraction of sp³-hybridized carbons (Fsp3) is 0.500. The van der Waals surface area contributed by atoms with Crippen molar-refractivity contribution >= 4 is 10.0 Å². The lowest BCUT2D eigenvalue weighted by atomic mass is 9.99. The molecule has 1 heterocycles. The van der Waals surface area contributed by atoms with E-state index >= 15 is 0 Å². The Hall–Kier alpha value is -1.05. The highest BCUT2D eigenvalue weighted by Crippen LogP contribution is 2.27. The summed E-state index contributed by atoms with van der Waals surface area (Å²) >= 11 is 0. The number of benzene rings is 1. The van der Waals surface area contributed by atoms with Crippen LogP contribution < -0.4 is 0 Å². The smallest absolute Gasteiger partial charge is 0.248 e. The van der Waals surface area contributed by atoms with Crippen LogP contribution in [0.1, 0.15) is 13.3 Å². The van der Waals surface area contributed by atoms with E-state index in [0.717, 1.165) is 22.5 Å². The molecule has 1 aromatic rings. The summed E-state index contributed by atoms with van der Waals surface area (Å²) in [6.07, 6.45) is -0.326. The zero-order chi connectivity index (χ0) is 14.2. The molecule has 2 atom stereocenters. The number of rotatable bonds is 2. The summed E-state index contributed by atoms with van der Waals surface area (Å²) in [5.74, 6) is -2.46. The Balaban J connectivity index is 2.38. The highest BCUT2D eigenvalue weighted by Gasteiger charge is 2.35. The van der Waals surface area contributed by atoms with Gasteiger partial charge in [-0.05, 0) is 24.5 Å². The van der Waals surface area contributed by atoms with Gasteiger partial charge in [0.15, 0.2) is 4.90 Å². The second-order valence-electron chi connectivity index (χ2n) is 4.75. The van der Waals surface area contributed by atoms with E-state index in [4.69, 9.17) is 0 Å². The first-order valence-corrected chi connectivity index (χ1v) is 7.40. The van der Waals surface area contributed by atoms with Gasteiger partial charge in [-0.15, -0.1) is 0 Å². The van der Waals surface area contributed by atoms with Crippen molar-refractivity contribution in [3.05, 3.63) is 29.8 Å². The van der Waals surface area contributed by atoms with Gasteiger partial charge in [-0.3, -0.25) is 0 Å². The topological polar surface area (TPSA) is 57.6 Å². The van der Waals surface area contributed by atoms with Crippen LogP contribution in [0.15, 0.2) is 23.1 Å². The van der Waals surface area contributed by atoms with E-state index in [-0.39, 0.29) is 25.4 Å². The maximum absolute atomic E-state index is 13.6. The van der Waals surface area contributed by atoms with Crippen LogP contribution >= 0.6 is 0 Å². The number of hydrogen-bond acceptors (Lipinski definition) is 3. The third-order valence-electron chi connectivity index (χ3n) is 3.34. The first-order valence-electron chi connectivity index (χ1n) is 5.96. The van der Waals surface area contributed by atoms with Gasteiger partial charge in [0.25, 0.3) is 0 Å². The first kappa shape index (κ1) is 14.4. The van der Waals surface area contributed by atoms with Crippen molar-refractivity contribution in [3.8, 4) is 0 Å². The molecule has 0 spiro atoms. The van der Waals surface area contributed by atoms with E-state index in [1.807, 2.05) is 0 Å². The molecule has 0 bridgehead atoms. The highest BCUT2D eigenvalue weighted by molar-refractivity contribution is 7.89. The molecule has 106 valence electrons. The fourth-order valence-electron chi connectivity index (χ4n) is 2.17. The average Bonchev–Trinajstić information content (AvgIpc) is 2.32. The largest absolute Gasteiger partial charge is 0.393 e. The molecule has 0 saturated carbocycles. The molecule has 0 radical (unpaired) electrons. The number of aliphatic hydroxyl groups excluding tert-OH is 1. The molecule has 1 fully saturated rings. The Bertz CT molecular complexity index is 556. The van der Waals surface area contributed by atoms with Crippen LogP contribution in [0.2, 0.25) is 0 Å². The second kappa shape index (κ2) is 5.15. The lowest BCUT2D eigenvalue weighted by Gasteiger charge is -2.33. The van der Waals surface area contributed by atoms with E-state index < -0.39 is 32.7 Å². The summed E-state index contributed by atoms with van der Waals surface area (Å²) < 4.78 is 52.7. The Morgan fingerprint density at radius 1 is 1.32 bits per heavy atom. The molecule has 0 aromatic heterocycles. The SMILES string of the molecule is CC1CN(S(=O)(=O)c2c(F)cccc2F)CCC1O. The summed E-state index contributed by atoms with van der Waals surface area (Å²) in [4.78, 5) is -0.918. The van der Waals surface area contributed by atoms with E-state index in [1.165, 1.54) is 0 Å². The number of hydrogen-bond donors (Lipinski definition) is 1. The normalized spacial score (nSPS) is 25.5. The molecule has 1 saturated heterocycles. The monoisotopic (exact) mass is 291 g/mol. The zero-order valence-corrected chi connectivity index (χ0v) is 11.2. The molecule has 0 amide bonds. The molecule has 2 rings (SSSR count). The number of halogens is 2. The third-order valence-corrected chi connectivity index (χ3v) is 5.26. The first-order chi connectivity index (χ1) is 8.84. The molecular weight excluding hydrogens is 276 g/mol. The minimum atomic E-state index is -4.21. The maximum Gasteiger partial charge on any atom is 0.248 e. The van der Waals surface area contributed by atoms with Gasteiger partial charge in [0, 0.05) is 13.1 Å². The van der Waals surface area contributed by atoms with Crippen molar-refractivity contribution in [1.82, 2.24) is 4.31 Å². The van der Waals surface area contributed by atoms with Gasteiger partial charge < -0.3 is 5.11 Å². The maximum atomic E-state index is 13.6. The van der Waals surface area contributed by atoms with Gasteiger partial charge in [0.05, 0.1) is 6.10 Å². The van der Waals surface area contributed by atoms with Gasteiger partial charge in [0.2, 0.25) is 10.0 Å². The van der Waals surface area contributed by atoms with Crippen LogP contribution in [-0.4, -0.2) is 37.0 Å². The standard InChI is InChI=1S/C12H15F2NO3S/c1-8-7-15(6-5-11(8)16)19(17,18)12-9(13)3-2-4-10(12)14/h2-4,8,11,16H,5-7H2,1H3. The van der Waals surface area contributed by atoms with Crippen LogP contribution in [0.3, 0.4) is 0 Å². The zero-order valence-electron chi connectivity index (χ0n) is 10.4. The van der Waals surface area contributed by atoms with Crippen LogP contribution in [0.4, 0.5) is 8.78 Å². The summed E-state index contributed by atoms with van der Waals surface area (Å²) in [5, 5.41) is 9.57. The van der Waals surface area contributed by atoms with Crippen molar-refractivity contribution in [2.24, 2.45) is 5.92 Å². The Morgan fingerprint density at radius 3 is 2.42 bits per heavy atom. The third kappa shape index (κ3) is 2.63. The van der Waals surface area contributed by atoms with Crippen LogP contribution in [0.5, 0.6) is 0 Å². The van der Waals surface area contributed by atoms with Gasteiger partial charge in [0.1, 0.15) is 11.6 Å². The van der Waals surface area contributed by atoms with Crippen molar-refractivity contribution < 1.29 is 22.3 Å². The van der Waals surface area contributed by atoms with Crippen molar-refractivity contribution in [2.75, 3.05) is 13.1 Å².